The summed E-state index contributed by atoms with van der Waals surface area (Å²) in [5.41, 5.74) is 2.23. The van der Waals surface area contributed by atoms with Crippen LogP contribution in [0.5, 0.6) is 11.5 Å². The van der Waals surface area contributed by atoms with Crippen LogP contribution in [0.25, 0.3) is 0 Å². The van der Waals surface area contributed by atoms with Crippen molar-refractivity contribution in [3.8, 4) is 11.5 Å². The van der Waals surface area contributed by atoms with Crippen LogP contribution < -0.4 is 15.4 Å². The minimum absolute atomic E-state index is 0. The van der Waals surface area contributed by atoms with E-state index in [0.717, 1.165) is 16.3 Å². The number of ether oxygens (including phenoxy) is 1. The highest BCUT2D eigenvalue weighted by atomic mass is 35.5. The lowest BCUT2D eigenvalue weighted by atomic mass is 10.1. The van der Waals surface area contributed by atoms with Gasteiger partial charge in [-0.2, -0.15) is 0 Å². The highest BCUT2D eigenvalue weighted by molar-refractivity contribution is 7.13. The second kappa shape index (κ2) is 11.1. The third-order valence-electron chi connectivity index (χ3n) is 4.03. The van der Waals surface area contributed by atoms with E-state index >= 15 is 0 Å². The molecule has 0 radical (unpaired) electrons. The Balaban J connectivity index is 0.00000300. The molecule has 1 heterocycles. The molecule has 152 valence electrons. The molecule has 3 N–H and O–H groups in total. The van der Waals surface area contributed by atoms with Crippen LogP contribution in [0.4, 0.5) is 10.7 Å². The van der Waals surface area contributed by atoms with Gasteiger partial charge in [-0.05, 0) is 59.8 Å². The van der Waals surface area contributed by atoms with Crippen molar-refractivity contribution in [2.75, 3.05) is 19.0 Å². The summed E-state index contributed by atoms with van der Waals surface area (Å²) in [6, 6.07) is 16.4. The van der Waals surface area contributed by atoms with Crippen molar-refractivity contribution in [3.05, 3.63) is 71.1 Å². The molecule has 8 heteroatoms. The fraction of sp³-hybridized carbons (Fsp3) is 0.143. The molecule has 0 aliphatic carbocycles. The Morgan fingerprint density at radius 2 is 2.00 bits per heavy atom. The molecule has 0 saturated carbocycles. The SMILES string of the molecule is COc1ccc(O)c(C(=O)NCCc2ccc(N/C=N/c3cccs3)cc2)c1.Cl. The van der Waals surface area contributed by atoms with E-state index in [-0.39, 0.29) is 29.6 Å². The van der Waals surface area contributed by atoms with Gasteiger partial charge in [0.05, 0.1) is 19.0 Å². The summed E-state index contributed by atoms with van der Waals surface area (Å²) in [6.07, 6.45) is 2.35. The van der Waals surface area contributed by atoms with E-state index in [1.807, 2.05) is 41.8 Å². The number of anilines is 1. The normalized spacial score (nSPS) is 10.4. The monoisotopic (exact) mass is 431 g/mol. The smallest absolute Gasteiger partial charge is 0.255 e. The number of benzene rings is 2. The van der Waals surface area contributed by atoms with E-state index in [1.165, 1.54) is 19.2 Å². The quantitative estimate of drug-likeness (QED) is 0.358. The number of carbonyl (C=O) groups is 1. The number of aromatic hydroxyl groups is 1. The molecular formula is C21H22ClN3O3S. The van der Waals surface area contributed by atoms with Crippen LogP contribution in [0.1, 0.15) is 15.9 Å². The third-order valence-corrected chi connectivity index (χ3v) is 4.81. The van der Waals surface area contributed by atoms with E-state index in [2.05, 4.69) is 15.6 Å². The molecule has 6 nitrogen and oxygen atoms in total. The minimum atomic E-state index is -0.334. The molecule has 0 spiro atoms. The van der Waals surface area contributed by atoms with Crippen LogP contribution in [-0.4, -0.2) is 31.0 Å². The summed E-state index contributed by atoms with van der Waals surface area (Å²) >= 11 is 1.58. The lowest BCUT2D eigenvalue weighted by molar-refractivity contribution is 0.0951. The molecule has 1 amide bonds. The van der Waals surface area contributed by atoms with Crippen LogP contribution in [0, 0.1) is 0 Å². The Hall–Kier alpha value is -3.03. The van der Waals surface area contributed by atoms with Gasteiger partial charge in [0.1, 0.15) is 16.5 Å². The molecule has 1 aromatic heterocycles. The molecule has 29 heavy (non-hydrogen) atoms. The van der Waals surface area contributed by atoms with Gasteiger partial charge in [0.2, 0.25) is 0 Å². The molecule has 3 aromatic rings. The van der Waals surface area contributed by atoms with E-state index in [9.17, 15) is 9.90 Å². The summed E-state index contributed by atoms with van der Waals surface area (Å²) in [7, 11) is 1.51. The predicted octanol–water partition coefficient (Wildman–Crippen LogP) is 4.63. The van der Waals surface area contributed by atoms with Crippen LogP contribution >= 0.6 is 23.7 Å². The van der Waals surface area contributed by atoms with Crippen molar-refractivity contribution in [2.24, 2.45) is 4.99 Å². The largest absolute Gasteiger partial charge is 0.507 e. The first-order valence-corrected chi connectivity index (χ1v) is 9.60. The third kappa shape index (κ3) is 6.51. The maximum atomic E-state index is 12.2. The number of amides is 1. The van der Waals surface area contributed by atoms with Gasteiger partial charge in [-0.15, -0.1) is 23.7 Å². The fourth-order valence-electron chi connectivity index (χ4n) is 2.52. The maximum Gasteiger partial charge on any atom is 0.255 e. The molecular weight excluding hydrogens is 410 g/mol. The van der Waals surface area contributed by atoms with E-state index in [1.54, 1.807) is 23.7 Å². The summed E-state index contributed by atoms with van der Waals surface area (Å²) in [5, 5.41) is 18.7. The molecule has 0 unspecified atom stereocenters. The zero-order valence-corrected chi connectivity index (χ0v) is 17.4. The molecule has 0 atom stereocenters. The Labute approximate surface area is 179 Å². The van der Waals surface area contributed by atoms with Crippen molar-refractivity contribution in [3.63, 3.8) is 0 Å². The lowest BCUT2D eigenvalue weighted by Crippen LogP contribution is -2.25. The summed E-state index contributed by atoms with van der Waals surface area (Å²) in [6.45, 7) is 0.460. The Bertz CT molecular complexity index is 944. The molecule has 2 aromatic carbocycles. The van der Waals surface area contributed by atoms with Gasteiger partial charge < -0.3 is 20.5 Å². The number of halogens is 1. The molecule has 0 aliphatic heterocycles. The number of carbonyl (C=O) groups excluding carboxylic acids is 1. The zero-order valence-electron chi connectivity index (χ0n) is 15.8. The molecule has 0 fully saturated rings. The Kier molecular flexibility index (Phi) is 8.51. The highest BCUT2D eigenvalue weighted by Crippen LogP contribution is 2.22. The fourth-order valence-corrected chi connectivity index (χ4v) is 3.09. The van der Waals surface area contributed by atoms with Crippen molar-refractivity contribution in [1.82, 2.24) is 5.32 Å². The Morgan fingerprint density at radius 3 is 2.69 bits per heavy atom. The number of hydrogen-bond acceptors (Lipinski definition) is 5. The first-order chi connectivity index (χ1) is 13.7. The van der Waals surface area contributed by atoms with Gasteiger partial charge in [-0.1, -0.05) is 12.1 Å². The van der Waals surface area contributed by atoms with Gasteiger partial charge >= 0.3 is 0 Å². The standard InChI is InChI=1S/C21H21N3O3S.ClH/c1-27-17-8-9-19(25)18(13-17)21(26)22-11-10-15-4-6-16(7-5-15)23-14-24-20-3-2-12-28-20;/h2-9,12-14,25H,10-11H2,1H3,(H,22,26)(H,23,24);1H. The van der Waals surface area contributed by atoms with Gasteiger partial charge in [0.25, 0.3) is 5.91 Å². The summed E-state index contributed by atoms with van der Waals surface area (Å²) < 4.78 is 5.09. The number of phenolic OH excluding ortho intramolecular Hbond substituents is 1. The summed E-state index contributed by atoms with van der Waals surface area (Å²) in [5.74, 6) is 0.117. The van der Waals surface area contributed by atoms with E-state index < -0.39 is 0 Å². The number of thiophene rings is 1. The summed E-state index contributed by atoms with van der Waals surface area (Å²) in [4.78, 5) is 16.6. The molecule has 0 saturated heterocycles. The number of hydrogen-bond donors (Lipinski definition) is 3. The van der Waals surface area contributed by atoms with Gasteiger partial charge in [0.15, 0.2) is 0 Å². The minimum Gasteiger partial charge on any atom is -0.507 e. The molecule has 0 aliphatic rings. The molecule has 3 rings (SSSR count). The van der Waals surface area contributed by atoms with Crippen LogP contribution in [0.15, 0.2) is 65.0 Å². The average Bonchev–Trinajstić information content (AvgIpc) is 3.23. The van der Waals surface area contributed by atoms with Crippen LogP contribution in [0.2, 0.25) is 0 Å². The van der Waals surface area contributed by atoms with Crippen molar-refractivity contribution in [2.45, 2.75) is 6.42 Å². The van der Waals surface area contributed by atoms with Gasteiger partial charge in [-0.3, -0.25) is 4.79 Å². The maximum absolute atomic E-state index is 12.2. The Morgan fingerprint density at radius 1 is 1.21 bits per heavy atom. The first-order valence-electron chi connectivity index (χ1n) is 8.72. The zero-order chi connectivity index (χ0) is 19.8. The topological polar surface area (TPSA) is 83.0 Å². The highest BCUT2D eigenvalue weighted by Gasteiger charge is 2.11. The van der Waals surface area contributed by atoms with Crippen molar-refractivity contribution < 1.29 is 14.6 Å². The first kappa shape index (κ1) is 22.3. The lowest BCUT2D eigenvalue weighted by Gasteiger charge is -2.09. The van der Waals surface area contributed by atoms with Gasteiger partial charge in [0, 0.05) is 12.2 Å². The predicted molar refractivity (Wildman–Crippen MR) is 120 cm³/mol. The van der Waals surface area contributed by atoms with E-state index in [4.69, 9.17) is 4.74 Å². The second-order valence-corrected chi connectivity index (χ2v) is 6.87. The number of nitrogens with one attached hydrogen (secondary N) is 2. The number of rotatable bonds is 8. The molecule has 0 bridgehead atoms. The number of phenols is 1. The number of nitrogens with zero attached hydrogens (tertiary/aromatic N) is 1. The van der Waals surface area contributed by atoms with Crippen molar-refractivity contribution in [1.29, 1.82) is 0 Å². The number of aliphatic imine (C=N–C) groups is 1. The van der Waals surface area contributed by atoms with E-state index in [0.29, 0.717) is 18.7 Å². The van der Waals surface area contributed by atoms with Gasteiger partial charge in [-0.25, -0.2) is 4.99 Å². The number of methoxy groups -OCH3 is 1. The van der Waals surface area contributed by atoms with Crippen LogP contribution in [0.3, 0.4) is 0 Å². The van der Waals surface area contributed by atoms with Crippen molar-refractivity contribution >= 4 is 46.7 Å². The average molecular weight is 432 g/mol. The van der Waals surface area contributed by atoms with Crippen LogP contribution in [-0.2, 0) is 6.42 Å². The second-order valence-electron chi connectivity index (χ2n) is 5.94.